The zero-order chi connectivity index (χ0) is 4.99. The van der Waals surface area contributed by atoms with Crippen LogP contribution < -0.4 is 0 Å². The Morgan fingerprint density at radius 2 is 2.29 bits per heavy atom. The number of carbonyl (C=O) groups excluding carboxylic acids is 1. The third-order valence-electron chi connectivity index (χ3n) is 0.357. The van der Waals surface area contributed by atoms with Crippen LogP contribution >= 0.6 is 0 Å². The van der Waals surface area contributed by atoms with Gasteiger partial charge in [-0.25, -0.2) is 4.79 Å². The minimum atomic E-state index is -0.602. The lowest BCUT2D eigenvalue weighted by molar-refractivity contribution is -0.143. The lowest BCUT2D eigenvalue weighted by atomic mass is 10.8. The number of hydrogen-bond acceptors (Lipinski definition) is 3. The molecule has 0 fully saturated rings. The normalized spacial score (nSPS) is 6.57. The van der Waals surface area contributed by atoms with Crippen molar-refractivity contribution in [2.75, 3.05) is 13.7 Å². The summed E-state index contributed by atoms with van der Waals surface area (Å²) in [7, 11) is 1.22. The Labute approximate surface area is 41.0 Å². The highest BCUT2D eigenvalue weighted by Gasteiger charge is 1.89. The molecule has 0 radical (unpaired) electrons. The molecule has 0 aromatic rings. The Bertz CT molecular complexity index is 44.9. The molecule has 0 saturated carbocycles. The first kappa shape index (κ1) is 9.63. The number of aliphatic hydroxyl groups is 1. The monoisotopic (exact) mass is 108 g/mol. The van der Waals surface area contributed by atoms with Crippen molar-refractivity contribution in [1.29, 1.82) is 0 Å². The van der Waals surface area contributed by atoms with Gasteiger partial charge in [-0.05, 0) is 0 Å². The smallest absolute Gasteiger partial charge is 0.331 e. The lowest BCUT2D eigenvalue weighted by Gasteiger charge is -1.86. The topological polar surface area (TPSA) is 78.0 Å². The largest absolute Gasteiger partial charge is 0.467 e. The first-order valence-corrected chi connectivity index (χ1v) is 1.49. The van der Waals surface area contributed by atoms with E-state index < -0.39 is 12.6 Å². The maximum atomic E-state index is 9.71. The van der Waals surface area contributed by atoms with Crippen molar-refractivity contribution in [3.63, 3.8) is 0 Å². The van der Waals surface area contributed by atoms with Gasteiger partial charge in [-0.15, -0.1) is 0 Å². The average Bonchev–Trinajstić information content (AvgIpc) is 1.65. The summed E-state index contributed by atoms with van der Waals surface area (Å²) in [5.41, 5.74) is 0. The highest BCUT2D eigenvalue weighted by Crippen LogP contribution is 1.63. The molecule has 4 heteroatoms. The Kier molecular flexibility index (Phi) is 7.42. The van der Waals surface area contributed by atoms with Crippen LogP contribution in [0.15, 0.2) is 0 Å². The first-order valence-electron chi connectivity index (χ1n) is 1.49. The summed E-state index contributed by atoms with van der Waals surface area (Å²) >= 11 is 0. The predicted octanol–water partition coefficient (Wildman–Crippen LogP) is -1.67. The maximum Gasteiger partial charge on any atom is 0.331 e. The van der Waals surface area contributed by atoms with Gasteiger partial charge in [-0.1, -0.05) is 0 Å². The van der Waals surface area contributed by atoms with E-state index in [1.165, 1.54) is 7.11 Å². The fourth-order valence-electron chi connectivity index (χ4n) is 0.0645. The molecule has 0 spiro atoms. The lowest BCUT2D eigenvalue weighted by Crippen LogP contribution is -2.04. The molecular weight excluding hydrogens is 100 g/mol. The summed E-state index contributed by atoms with van der Waals surface area (Å²) in [4.78, 5) is 9.71. The number of hydrogen-bond donors (Lipinski definition) is 1. The molecule has 0 amide bonds. The van der Waals surface area contributed by atoms with Crippen LogP contribution in [0.3, 0.4) is 0 Å². The summed E-state index contributed by atoms with van der Waals surface area (Å²) in [6, 6.07) is 0. The van der Waals surface area contributed by atoms with Crippen molar-refractivity contribution in [1.82, 2.24) is 0 Å². The fraction of sp³-hybridized carbons (Fsp3) is 0.667. The molecular formula is C3H8O4. The van der Waals surface area contributed by atoms with E-state index in [0.717, 1.165) is 0 Å². The van der Waals surface area contributed by atoms with E-state index in [0.29, 0.717) is 0 Å². The van der Waals surface area contributed by atoms with Crippen molar-refractivity contribution in [2.24, 2.45) is 0 Å². The van der Waals surface area contributed by atoms with E-state index >= 15 is 0 Å². The Morgan fingerprint density at radius 3 is 2.29 bits per heavy atom. The van der Waals surface area contributed by atoms with Crippen LogP contribution in [-0.4, -0.2) is 30.3 Å². The molecule has 0 aromatic heterocycles. The van der Waals surface area contributed by atoms with Crippen LogP contribution in [0.1, 0.15) is 0 Å². The third-order valence-corrected chi connectivity index (χ3v) is 0.357. The molecule has 0 aliphatic rings. The third kappa shape index (κ3) is 5.39. The van der Waals surface area contributed by atoms with E-state index in [2.05, 4.69) is 4.74 Å². The average molecular weight is 108 g/mol. The zero-order valence-electron chi connectivity index (χ0n) is 3.97. The number of ether oxygens (including phenoxy) is 1. The summed E-state index contributed by atoms with van der Waals surface area (Å²) in [5.74, 6) is -0.602. The van der Waals surface area contributed by atoms with Crippen molar-refractivity contribution in [3.8, 4) is 0 Å². The van der Waals surface area contributed by atoms with E-state index in [-0.39, 0.29) is 5.48 Å². The van der Waals surface area contributed by atoms with Gasteiger partial charge in [-0.3, -0.25) is 0 Å². The summed E-state index contributed by atoms with van der Waals surface area (Å²) in [6.07, 6.45) is 0. The number of aliphatic hydroxyl groups excluding tert-OH is 1. The molecule has 4 nitrogen and oxygen atoms in total. The van der Waals surface area contributed by atoms with Crippen LogP contribution in [0.2, 0.25) is 0 Å². The summed E-state index contributed by atoms with van der Waals surface area (Å²) < 4.78 is 4.01. The van der Waals surface area contributed by atoms with E-state index in [9.17, 15) is 4.79 Å². The second kappa shape index (κ2) is 5.39. The van der Waals surface area contributed by atoms with Gasteiger partial charge in [0.25, 0.3) is 0 Å². The molecule has 0 atom stereocenters. The molecule has 0 aromatic carbocycles. The SMILES string of the molecule is COC(=O)CO.O. The Hall–Kier alpha value is -0.610. The molecule has 0 heterocycles. The number of carbonyl (C=O) groups is 1. The van der Waals surface area contributed by atoms with Crippen LogP contribution in [0.4, 0.5) is 0 Å². The van der Waals surface area contributed by atoms with Crippen LogP contribution in [-0.2, 0) is 9.53 Å². The molecule has 0 saturated heterocycles. The van der Waals surface area contributed by atoms with Gasteiger partial charge < -0.3 is 15.3 Å². The maximum absolute atomic E-state index is 9.71. The summed E-state index contributed by atoms with van der Waals surface area (Å²) in [6.45, 7) is -0.531. The number of esters is 1. The van der Waals surface area contributed by atoms with Gasteiger partial charge in [0.2, 0.25) is 0 Å². The quantitative estimate of drug-likeness (QED) is 0.408. The van der Waals surface area contributed by atoms with Crippen molar-refractivity contribution in [3.05, 3.63) is 0 Å². The van der Waals surface area contributed by atoms with Gasteiger partial charge in [0.05, 0.1) is 7.11 Å². The van der Waals surface area contributed by atoms with Gasteiger partial charge in [-0.2, -0.15) is 0 Å². The molecule has 44 valence electrons. The summed E-state index contributed by atoms with van der Waals surface area (Å²) in [5, 5.41) is 7.86. The van der Waals surface area contributed by atoms with Crippen molar-refractivity contribution in [2.45, 2.75) is 0 Å². The highest BCUT2D eigenvalue weighted by molar-refractivity contribution is 5.70. The van der Waals surface area contributed by atoms with Crippen LogP contribution in [0, 0.1) is 0 Å². The van der Waals surface area contributed by atoms with E-state index in [1.54, 1.807) is 0 Å². The van der Waals surface area contributed by atoms with Crippen molar-refractivity contribution >= 4 is 5.97 Å². The predicted molar refractivity (Wildman–Crippen MR) is 22.7 cm³/mol. The molecule has 0 rings (SSSR count). The second-order valence-corrected chi connectivity index (χ2v) is 0.734. The molecule has 7 heavy (non-hydrogen) atoms. The Balaban J connectivity index is 0. The van der Waals surface area contributed by atoms with Crippen LogP contribution in [0.5, 0.6) is 0 Å². The second-order valence-electron chi connectivity index (χ2n) is 0.734. The zero-order valence-corrected chi connectivity index (χ0v) is 3.97. The van der Waals surface area contributed by atoms with Gasteiger partial charge in [0.15, 0.2) is 0 Å². The van der Waals surface area contributed by atoms with Crippen LogP contribution in [0.25, 0.3) is 0 Å². The standard InChI is InChI=1S/C3H6O3.H2O/c1-6-3(5)2-4;/h4H,2H2,1H3;1H2. The molecule has 0 aliphatic heterocycles. The molecule has 0 unspecified atom stereocenters. The van der Waals surface area contributed by atoms with E-state index in [4.69, 9.17) is 5.11 Å². The first-order chi connectivity index (χ1) is 2.81. The molecule has 3 N–H and O–H groups in total. The fourth-order valence-corrected chi connectivity index (χ4v) is 0.0645. The minimum absolute atomic E-state index is 0. The van der Waals surface area contributed by atoms with E-state index in [1.807, 2.05) is 0 Å². The number of methoxy groups -OCH3 is 1. The highest BCUT2D eigenvalue weighted by atomic mass is 16.5. The molecule has 0 bridgehead atoms. The minimum Gasteiger partial charge on any atom is -0.467 e. The van der Waals surface area contributed by atoms with Gasteiger partial charge >= 0.3 is 5.97 Å². The van der Waals surface area contributed by atoms with Crippen molar-refractivity contribution < 1.29 is 20.1 Å². The molecule has 0 aliphatic carbocycles. The van der Waals surface area contributed by atoms with Gasteiger partial charge in [0, 0.05) is 0 Å². The number of rotatable bonds is 1. The van der Waals surface area contributed by atoms with Gasteiger partial charge in [0.1, 0.15) is 6.61 Å². The Morgan fingerprint density at radius 1 is 1.86 bits per heavy atom.